The molecule has 0 bridgehead atoms. The van der Waals surface area contributed by atoms with Crippen molar-refractivity contribution in [1.29, 1.82) is 0 Å². The highest BCUT2D eigenvalue weighted by molar-refractivity contribution is 6.32. The van der Waals surface area contributed by atoms with Crippen LogP contribution in [-0.4, -0.2) is 39.4 Å². The van der Waals surface area contributed by atoms with Crippen molar-refractivity contribution in [2.75, 3.05) is 19.3 Å². The second-order valence-electron chi connectivity index (χ2n) is 5.66. The number of nitrogens with two attached hydrogens (primary N) is 1. The van der Waals surface area contributed by atoms with E-state index in [1.807, 2.05) is 36.4 Å². The van der Waals surface area contributed by atoms with Crippen molar-refractivity contribution in [2.45, 2.75) is 6.42 Å². The summed E-state index contributed by atoms with van der Waals surface area (Å²) in [6.45, 7) is 0.572. The van der Waals surface area contributed by atoms with Gasteiger partial charge in [-0.2, -0.15) is 0 Å². The Labute approximate surface area is 150 Å². The van der Waals surface area contributed by atoms with Crippen LogP contribution in [0.3, 0.4) is 0 Å². The van der Waals surface area contributed by atoms with Gasteiger partial charge in [-0.05, 0) is 30.2 Å². The van der Waals surface area contributed by atoms with E-state index >= 15 is 0 Å². The Bertz CT molecular complexity index is 901. The van der Waals surface area contributed by atoms with Crippen molar-refractivity contribution >= 4 is 40.4 Å². The van der Waals surface area contributed by atoms with Gasteiger partial charge in [-0.15, -0.1) is 0 Å². The summed E-state index contributed by atoms with van der Waals surface area (Å²) >= 11 is 5.94. The zero-order valence-corrected chi connectivity index (χ0v) is 14.5. The van der Waals surface area contributed by atoms with E-state index in [2.05, 4.69) is 15.0 Å². The fraction of sp³-hybridized carbons (Fsp3) is 0.167. The summed E-state index contributed by atoms with van der Waals surface area (Å²) < 4.78 is 0. The number of carbonyl (C=O) groups excluding carboxylic acids is 1. The summed E-state index contributed by atoms with van der Waals surface area (Å²) in [6.07, 6.45) is 6.22. The average molecular weight is 356 g/mol. The first kappa shape index (κ1) is 17.0. The Morgan fingerprint density at radius 2 is 2.20 bits per heavy atom. The van der Waals surface area contributed by atoms with Crippen LogP contribution >= 0.6 is 11.6 Å². The molecule has 0 radical (unpaired) electrons. The number of benzene rings is 1. The summed E-state index contributed by atoms with van der Waals surface area (Å²) in [4.78, 5) is 25.4. The number of halogens is 1. The highest BCUT2D eigenvalue weighted by atomic mass is 35.5. The van der Waals surface area contributed by atoms with Crippen LogP contribution in [-0.2, 0) is 0 Å². The molecule has 128 valence electrons. The van der Waals surface area contributed by atoms with Crippen molar-refractivity contribution in [3.63, 3.8) is 0 Å². The normalized spacial score (nSPS) is 11.3. The lowest BCUT2D eigenvalue weighted by Crippen LogP contribution is -2.28. The minimum atomic E-state index is -0.137. The topological polar surface area (TPSA) is 87.9 Å². The SMILES string of the molecule is CN(CC/C=C/c1cnc(N)c(Cl)c1)C(=O)c1nc2ccccc2[nH]1. The van der Waals surface area contributed by atoms with Crippen LogP contribution in [0.5, 0.6) is 0 Å². The van der Waals surface area contributed by atoms with Crippen molar-refractivity contribution < 1.29 is 4.79 Å². The molecule has 0 unspecified atom stereocenters. The third kappa shape index (κ3) is 3.97. The fourth-order valence-corrected chi connectivity index (χ4v) is 2.55. The summed E-state index contributed by atoms with van der Waals surface area (Å²) in [6, 6.07) is 9.32. The van der Waals surface area contributed by atoms with Gasteiger partial charge in [0, 0.05) is 19.8 Å². The molecule has 3 N–H and O–H groups in total. The molecule has 2 aromatic heterocycles. The third-order valence-corrected chi connectivity index (χ3v) is 4.07. The zero-order chi connectivity index (χ0) is 17.8. The Hall–Kier alpha value is -2.86. The van der Waals surface area contributed by atoms with Gasteiger partial charge in [0.15, 0.2) is 5.82 Å². The van der Waals surface area contributed by atoms with Crippen molar-refractivity contribution in [1.82, 2.24) is 19.9 Å². The van der Waals surface area contributed by atoms with Gasteiger partial charge in [-0.3, -0.25) is 4.79 Å². The first-order chi connectivity index (χ1) is 12.0. The fourth-order valence-electron chi connectivity index (χ4n) is 2.38. The second-order valence-corrected chi connectivity index (χ2v) is 6.06. The second kappa shape index (κ2) is 7.36. The number of nitrogen functional groups attached to an aromatic ring is 1. The summed E-state index contributed by atoms with van der Waals surface area (Å²) in [5.41, 5.74) is 8.08. The zero-order valence-electron chi connectivity index (χ0n) is 13.7. The van der Waals surface area contributed by atoms with Gasteiger partial charge in [-0.25, -0.2) is 9.97 Å². The molecule has 0 spiro atoms. The molecule has 0 saturated heterocycles. The van der Waals surface area contributed by atoms with Gasteiger partial charge in [0.2, 0.25) is 0 Å². The number of fused-ring (bicyclic) bond motifs is 1. The summed E-state index contributed by atoms with van der Waals surface area (Å²) in [5, 5.41) is 0.430. The monoisotopic (exact) mass is 355 g/mol. The first-order valence-corrected chi connectivity index (χ1v) is 8.20. The third-order valence-electron chi connectivity index (χ3n) is 3.77. The lowest BCUT2D eigenvalue weighted by atomic mass is 10.2. The quantitative estimate of drug-likeness (QED) is 0.734. The lowest BCUT2D eigenvalue weighted by Gasteiger charge is -2.14. The van der Waals surface area contributed by atoms with E-state index in [1.165, 1.54) is 0 Å². The number of hydrogen-bond acceptors (Lipinski definition) is 4. The van der Waals surface area contributed by atoms with Gasteiger partial charge >= 0.3 is 0 Å². The number of carbonyl (C=O) groups is 1. The largest absolute Gasteiger partial charge is 0.382 e. The molecule has 0 aliphatic heterocycles. The maximum absolute atomic E-state index is 12.4. The summed E-state index contributed by atoms with van der Waals surface area (Å²) in [7, 11) is 1.75. The minimum absolute atomic E-state index is 0.137. The number of aromatic nitrogens is 3. The Kier molecular flexibility index (Phi) is 5.00. The number of nitrogens with zero attached hydrogens (tertiary/aromatic N) is 3. The molecule has 3 aromatic rings. The molecule has 0 aliphatic rings. The molecule has 0 aliphatic carbocycles. The van der Waals surface area contributed by atoms with Crippen LogP contribution in [0.15, 0.2) is 42.6 Å². The van der Waals surface area contributed by atoms with Crippen LogP contribution in [0.4, 0.5) is 5.82 Å². The van der Waals surface area contributed by atoms with E-state index < -0.39 is 0 Å². The molecule has 0 fully saturated rings. The Morgan fingerprint density at radius 3 is 2.96 bits per heavy atom. The lowest BCUT2D eigenvalue weighted by molar-refractivity contribution is 0.0787. The van der Waals surface area contributed by atoms with Crippen molar-refractivity contribution in [3.8, 4) is 0 Å². The highest BCUT2D eigenvalue weighted by Crippen LogP contribution is 2.17. The van der Waals surface area contributed by atoms with E-state index in [0.29, 0.717) is 29.6 Å². The molecule has 1 amide bonds. The number of nitrogens with one attached hydrogen (secondary N) is 1. The van der Waals surface area contributed by atoms with Gasteiger partial charge in [0.25, 0.3) is 5.91 Å². The highest BCUT2D eigenvalue weighted by Gasteiger charge is 2.15. The number of imidazole rings is 1. The number of para-hydroxylation sites is 2. The van der Waals surface area contributed by atoms with E-state index in [4.69, 9.17) is 17.3 Å². The van der Waals surface area contributed by atoms with Crippen LogP contribution in [0, 0.1) is 0 Å². The minimum Gasteiger partial charge on any atom is -0.382 e. The van der Waals surface area contributed by atoms with Crippen LogP contribution in [0.25, 0.3) is 17.1 Å². The number of rotatable bonds is 5. The molecule has 3 rings (SSSR count). The molecule has 0 atom stereocenters. The van der Waals surface area contributed by atoms with E-state index in [0.717, 1.165) is 16.6 Å². The Balaban J connectivity index is 1.58. The standard InChI is InChI=1S/C18H18ClN5O/c1-24(9-5-4-6-12-10-13(19)16(20)21-11-12)18(25)17-22-14-7-2-3-8-15(14)23-17/h2-4,6-8,10-11H,5,9H2,1H3,(H2,20,21)(H,22,23)/b6-4+. The predicted molar refractivity (Wildman–Crippen MR) is 100 cm³/mol. The Morgan fingerprint density at radius 1 is 1.40 bits per heavy atom. The van der Waals surface area contributed by atoms with E-state index in [9.17, 15) is 4.79 Å². The molecular weight excluding hydrogens is 338 g/mol. The first-order valence-electron chi connectivity index (χ1n) is 7.82. The van der Waals surface area contributed by atoms with Crippen molar-refractivity contribution in [3.05, 3.63) is 59.0 Å². The molecule has 6 nitrogen and oxygen atoms in total. The van der Waals surface area contributed by atoms with E-state index in [1.54, 1.807) is 24.2 Å². The molecular formula is C18H18ClN5O. The number of hydrogen-bond donors (Lipinski definition) is 2. The number of amides is 1. The van der Waals surface area contributed by atoms with Gasteiger partial charge in [-0.1, -0.05) is 35.9 Å². The van der Waals surface area contributed by atoms with Gasteiger partial charge < -0.3 is 15.6 Å². The smallest absolute Gasteiger partial charge is 0.289 e. The molecule has 2 heterocycles. The molecule has 7 heteroatoms. The number of anilines is 1. The van der Waals surface area contributed by atoms with Crippen molar-refractivity contribution in [2.24, 2.45) is 0 Å². The van der Waals surface area contributed by atoms with Crippen LogP contribution < -0.4 is 5.73 Å². The van der Waals surface area contributed by atoms with Gasteiger partial charge in [0.05, 0.1) is 16.1 Å². The molecule has 1 aromatic carbocycles. The van der Waals surface area contributed by atoms with Crippen LogP contribution in [0.2, 0.25) is 5.02 Å². The maximum atomic E-state index is 12.4. The van der Waals surface area contributed by atoms with Gasteiger partial charge in [0.1, 0.15) is 5.82 Å². The number of H-pyrrole nitrogens is 1. The van der Waals surface area contributed by atoms with E-state index in [-0.39, 0.29) is 5.91 Å². The molecule has 0 saturated carbocycles. The average Bonchev–Trinajstić information content (AvgIpc) is 3.05. The maximum Gasteiger partial charge on any atom is 0.289 e. The van der Waals surface area contributed by atoms with Crippen LogP contribution in [0.1, 0.15) is 22.6 Å². The molecule has 25 heavy (non-hydrogen) atoms. The number of pyridine rings is 1. The summed E-state index contributed by atoms with van der Waals surface area (Å²) in [5.74, 6) is 0.527. The number of aromatic amines is 1. The predicted octanol–water partition coefficient (Wildman–Crippen LogP) is 3.37.